The molecule has 2 N–H and O–H groups in total. The summed E-state index contributed by atoms with van der Waals surface area (Å²) in [6.07, 6.45) is 4.63. The van der Waals surface area contributed by atoms with Crippen LogP contribution in [0.1, 0.15) is 36.9 Å². The molecular weight excluding hydrogens is 254 g/mol. The second-order valence-electron chi connectivity index (χ2n) is 4.85. The maximum atomic E-state index is 5.94. The van der Waals surface area contributed by atoms with E-state index in [9.17, 15) is 0 Å². The molecule has 1 aliphatic rings. The van der Waals surface area contributed by atoms with E-state index in [1.807, 2.05) is 16.4 Å². The molecule has 1 saturated carbocycles. The van der Waals surface area contributed by atoms with Crippen molar-refractivity contribution in [1.82, 2.24) is 9.78 Å². The number of thioether (sulfide) groups is 1. The molecule has 0 unspecified atom stereocenters. The van der Waals surface area contributed by atoms with Crippen molar-refractivity contribution in [2.24, 2.45) is 5.73 Å². The molecule has 0 atom stereocenters. The third-order valence-electron chi connectivity index (χ3n) is 3.46. The van der Waals surface area contributed by atoms with E-state index in [4.69, 9.17) is 10.8 Å². The summed E-state index contributed by atoms with van der Waals surface area (Å²) in [5, 5.41) is 4.70. The van der Waals surface area contributed by atoms with Crippen molar-refractivity contribution in [2.75, 3.05) is 5.75 Å². The monoisotopic (exact) mass is 273 g/mol. The summed E-state index contributed by atoms with van der Waals surface area (Å²) in [5.74, 6) is 1.75. The van der Waals surface area contributed by atoms with Gasteiger partial charge in [-0.25, -0.2) is 4.68 Å². The van der Waals surface area contributed by atoms with Gasteiger partial charge in [-0.1, -0.05) is 13.0 Å². The van der Waals surface area contributed by atoms with Gasteiger partial charge < -0.3 is 5.73 Å². The predicted molar refractivity (Wildman–Crippen MR) is 79.8 cm³/mol. The first kappa shape index (κ1) is 12.8. The van der Waals surface area contributed by atoms with Gasteiger partial charge in [-0.15, -0.1) is 11.8 Å². The van der Waals surface area contributed by atoms with E-state index in [0.717, 1.165) is 11.4 Å². The number of aromatic nitrogens is 2. The van der Waals surface area contributed by atoms with Gasteiger partial charge in [0.1, 0.15) is 0 Å². The van der Waals surface area contributed by atoms with Crippen LogP contribution in [0, 0.1) is 0 Å². The maximum absolute atomic E-state index is 5.94. The second kappa shape index (κ2) is 5.39. The van der Waals surface area contributed by atoms with Crippen molar-refractivity contribution >= 4 is 11.8 Å². The first-order valence-corrected chi connectivity index (χ1v) is 7.82. The van der Waals surface area contributed by atoms with Crippen LogP contribution in [-0.4, -0.2) is 15.5 Å². The van der Waals surface area contributed by atoms with Gasteiger partial charge in [0, 0.05) is 29.1 Å². The lowest BCUT2D eigenvalue weighted by Crippen LogP contribution is -2.07. The molecular formula is C15H19N3S. The van der Waals surface area contributed by atoms with Gasteiger partial charge in [0.05, 0.1) is 11.4 Å². The van der Waals surface area contributed by atoms with Crippen molar-refractivity contribution in [2.45, 2.75) is 37.1 Å². The number of hydrogen-bond donors (Lipinski definition) is 1. The molecule has 0 amide bonds. The summed E-state index contributed by atoms with van der Waals surface area (Å²) in [5.41, 5.74) is 9.48. The van der Waals surface area contributed by atoms with Crippen molar-refractivity contribution in [3.05, 3.63) is 41.7 Å². The van der Waals surface area contributed by atoms with E-state index >= 15 is 0 Å². The fourth-order valence-corrected chi connectivity index (χ4v) is 3.18. The van der Waals surface area contributed by atoms with Crippen LogP contribution in [0.25, 0.3) is 5.69 Å². The Morgan fingerprint density at radius 3 is 2.89 bits per heavy atom. The lowest BCUT2D eigenvalue weighted by Gasteiger charge is -2.12. The fraction of sp³-hybridized carbons (Fsp3) is 0.400. The largest absolute Gasteiger partial charge is 0.326 e. The van der Waals surface area contributed by atoms with Gasteiger partial charge in [-0.05, 0) is 36.8 Å². The zero-order valence-corrected chi connectivity index (χ0v) is 12.0. The van der Waals surface area contributed by atoms with Crippen LogP contribution in [0.4, 0.5) is 0 Å². The van der Waals surface area contributed by atoms with Crippen molar-refractivity contribution in [1.29, 1.82) is 0 Å². The molecule has 0 spiro atoms. The highest BCUT2D eigenvalue weighted by Crippen LogP contribution is 2.39. The summed E-state index contributed by atoms with van der Waals surface area (Å²) in [6, 6.07) is 8.47. The normalized spacial score (nSPS) is 14.8. The van der Waals surface area contributed by atoms with Gasteiger partial charge in [0.25, 0.3) is 0 Å². The fourth-order valence-electron chi connectivity index (χ4n) is 2.33. The molecule has 1 heterocycles. The molecule has 0 saturated heterocycles. The second-order valence-corrected chi connectivity index (χ2v) is 6.16. The highest BCUT2D eigenvalue weighted by Gasteiger charge is 2.26. The Hall–Kier alpha value is -1.26. The minimum atomic E-state index is 0.553. The lowest BCUT2D eigenvalue weighted by atomic mass is 10.2. The van der Waals surface area contributed by atoms with Gasteiger partial charge in [0.2, 0.25) is 0 Å². The van der Waals surface area contributed by atoms with Crippen LogP contribution >= 0.6 is 11.8 Å². The standard InChI is InChI=1S/C15H19N3S/c1-2-19-15-5-3-4-14(12(15)10-16)18-9-8-13(17-18)11-6-7-11/h3-5,8-9,11H,2,6-7,10,16H2,1H3. The third-order valence-corrected chi connectivity index (χ3v) is 4.45. The molecule has 1 fully saturated rings. The zero-order chi connectivity index (χ0) is 13.2. The smallest absolute Gasteiger partial charge is 0.0701 e. The average molecular weight is 273 g/mol. The lowest BCUT2D eigenvalue weighted by molar-refractivity contribution is 0.817. The minimum Gasteiger partial charge on any atom is -0.326 e. The average Bonchev–Trinajstić information content (AvgIpc) is 3.17. The number of nitrogens with zero attached hydrogens (tertiary/aromatic N) is 2. The molecule has 4 heteroatoms. The number of nitrogens with two attached hydrogens (primary N) is 1. The first-order valence-electron chi connectivity index (χ1n) is 6.84. The molecule has 0 aliphatic heterocycles. The topological polar surface area (TPSA) is 43.8 Å². The molecule has 0 bridgehead atoms. The highest BCUT2D eigenvalue weighted by atomic mass is 32.2. The van der Waals surface area contributed by atoms with Crippen molar-refractivity contribution < 1.29 is 0 Å². The van der Waals surface area contributed by atoms with E-state index in [1.165, 1.54) is 29.0 Å². The Kier molecular flexibility index (Phi) is 3.62. The van der Waals surface area contributed by atoms with E-state index in [2.05, 4.69) is 37.4 Å². The first-order chi connectivity index (χ1) is 9.33. The SMILES string of the molecule is CCSc1cccc(-n2ccc(C3CC3)n2)c1CN. The predicted octanol–water partition coefficient (Wildman–Crippen LogP) is 3.32. The molecule has 2 aromatic rings. The van der Waals surface area contributed by atoms with E-state index in [1.54, 1.807) is 0 Å². The van der Waals surface area contributed by atoms with Gasteiger partial charge >= 0.3 is 0 Å². The molecule has 3 nitrogen and oxygen atoms in total. The van der Waals surface area contributed by atoms with Crippen LogP contribution in [0.15, 0.2) is 35.4 Å². The van der Waals surface area contributed by atoms with Gasteiger partial charge in [-0.3, -0.25) is 0 Å². The molecule has 100 valence electrons. The van der Waals surface area contributed by atoms with Crippen LogP contribution in [0.5, 0.6) is 0 Å². The Morgan fingerprint density at radius 2 is 2.21 bits per heavy atom. The molecule has 1 aromatic heterocycles. The van der Waals surface area contributed by atoms with Gasteiger partial charge in [0.15, 0.2) is 0 Å². The van der Waals surface area contributed by atoms with Crippen LogP contribution < -0.4 is 5.73 Å². The Balaban J connectivity index is 1.99. The van der Waals surface area contributed by atoms with E-state index < -0.39 is 0 Å². The number of hydrogen-bond acceptors (Lipinski definition) is 3. The Labute approximate surface area is 118 Å². The zero-order valence-electron chi connectivity index (χ0n) is 11.2. The van der Waals surface area contributed by atoms with Crippen LogP contribution in [0.2, 0.25) is 0 Å². The summed E-state index contributed by atoms with van der Waals surface area (Å²) >= 11 is 1.84. The third kappa shape index (κ3) is 2.55. The Bertz CT molecular complexity index is 573. The summed E-state index contributed by atoms with van der Waals surface area (Å²) in [4.78, 5) is 1.27. The van der Waals surface area contributed by atoms with E-state index in [0.29, 0.717) is 12.5 Å². The molecule has 1 aromatic carbocycles. The number of benzene rings is 1. The van der Waals surface area contributed by atoms with Crippen molar-refractivity contribution in [3.8, 4) is 5.69 Å². The van der Waals surface area contributed by atoms with Crippen LogP contribution in [-0.2, 0) is 6.54 Å². The van der Waals surface area contributed by atoms with Gasteiger partial charge in [-0.2, -0.15) is 5.10 Å². The van der Waals surface area contributed by atoms with E-state index in [-0.39, 0.29) is 0 Å². The molecule has 19 heavy (non-hydrogen) atoms. The summed E-state index contributed by atoms with van der Waals surface area (Å²) < 4.78 is 1.98. The number of rotatable bonds is 5. The molecule has 1 aliphatic carbocycles. The Morgan fingerprint density at radius 1 is 1.37 bits per heavy atom. The molecule has 3 rings (SSSR count). The molecule has 0 radical (unpaired) electrons. The quantitative estimate of drug-likeness (QED) is 0.850. The van der Waals surface area contributed by atoms with Crippen LogP contribution in [0.3, 0.4) is 0 Å². The highest BCUT2D eigenvalue weighted by molar-refractivity contribution is 7.99. The minimum absolute atomic E-state index is 0.553. The van der Waals surface area contributed by atoms with Crippen molar-refractivity contribution in [3.63, 3.8) is 0 Å². The summed E-state index contributed by atoms with van der Waals surface area (Å²) in [6.45, 7) is 2.72. The summed E-state index contributed by atoms with van der Waals surface area (Å²) in [7, 11) is 0. The maximum Gasteiger partial charge on any atom is 0.0701 e.